The van der Waals surface area contributed by atoms with Crippen molar-refractivity contribution in [3.8, 4) is 5.75 Å². The van der Waals surface area contributed by atoms with Gasteiger partial charge in [-0.25, -0.2) is 18.2 Å². The number of carbonyl (C=O) groups is 2. The predicted molar refractivity (Wildman–Crippen MR) is 192 cm³/mol. The predicted octanol–water partition coefficient (Wildman–Crippen LogP) is 3.92. The van der Waals surface area contributed by atoms with Gasteiger partial charge >= 0.3 is 6.03 Å². The third-order valence-corrected chi connectivity index (χ3v) is 11.1. The van der Waals surface area contributed by atoms with Gasteiger partial charge in [-0.2, -0.15) is 4.31 Å². The number of aromatic nitrogens is 1. The molecule has 3 atom stereocenters. The number of hydrogen-bond acceptors (Lipinski definition) is 9. The number of aliphatic hydroxyl groups is 1. The van der Waals surface area contributed by atoms with Crippen molar-refractivity contribution < 1.29 is 28.2 Å². The van der Waals surface area contributed by atoms with Crippen LogP contribution >= 0.6 is 11.3 Å². The summed E-state index contributed by atoms with van der Waals surface area (Å²) in [6, 6.07) is 11.5. The number of sulfonamides is 1. The van der Waals surface area contributed by atoms with E-state index in [1.165, 1.54) is 33.8 Å². The molecule has 0 aliphatic carbocycles. The number of hydrogen-bond donors (Lipinski definition) is 3. The number of anilines is 1. The lowest BCUT2D eigenvalue weighted by atomic mass is 9.97. The van der Waals surface area contributed by atoms with Gasteiger partial charge in [0.15, 0.2) is 0 Å². The molecule has 1 fully saturated rings. The summed E-state index contributed by atoms with van der Waals surface area (Å²) in [6.07, 6.45) is -1.06. The molecule has 3 aromatic rings. The number of aliphatic hydroxyl groups excluding tert-OH is 1. The number of carbonyl (C=O) groups excluding carboxylic acids is 2. The number of urea groups is 1. The molecular formula is C35H50N6O6S2. The third-order valence-electron chi connectivity index (χ3n) is 8.50. The van der Waals surface area contributed by atoms with Gasteiger partial charge in [0, 0.05) is 45.7 Å². The van der Waals surface area contributed by atoms with Crippen LogP contribution in [0.15, 0.2) is 58.8 Å². The van der Waals surface area contributed by atoms with Gasteiger partial charge in [-0.3, -0.25) is 4.79 Å². The summed E-state index contributed by atoms with van der Waals surface area (Å²) in [6.45, 7) is 10.5. The van der Waals surface area contributed by atoms with Crippen molar-refractivity contribution in [3.05, 3.63) is 70.2 Å². The maximum Gasteiger partial charge on any atom is 0.321 e. The zero-order chi connectivity index (χ0) is 36.0. The Labute approximate surface area is 294 Å². The SMILES string of the molecule is Cc1nc(CN2CCN([C@H](C(=O)N[C@@H](Cc3ccccc3)[C@H](O)CN(CC(C)C)S(=O)(=O)c3ccc(O)c(N(C)C)c3)C(C)C)C2=O)cs1. The highest BCUT2D eigenvalue weighted by atomic mass is 32.2. The zero-order valence-corrected chi connectivity index (χ0v) is 31.0. The van der Waals surface area contributed by atoms with E-state index in [2.05, 4.69) is 10.3 Å². The highest BCUT2D eigenvalue weighted by Gasteiger charge is 2.40. The van der Waals surface area contributed by atoms with Gasteiger partial charge in [0.2, 0.25) is 15.9 Å². The number of amides is 3. The molecule has 268 valence electrons. The van der Waals surface area contributed by atoms with Crippen molar-refractivity contribution in [2.45, 2.75) is 70.7 Å². The molecular weight excluding hydrogens is 665 g/mol. The number of nitrogens with one attached hydrogen (secondary N) is 1. The average molecular weight is 715 g/mol. The van der Waals surface area contributed by atoms with E-state index in [9.17, 15) is 28.2 Å². The molecule has 0 spiro atoms. The van der Waals surface area contributed by atoms with Gasteiger partial charge in [-0.15, -0.1) is 11.3 Å². The van der Waals surface area contributed by atoms with Gasteiger partial charge in [-0.1, -0.05) is 58.0 Å². The number of nitrogens with zero attached hydrogens (tertiary/aromatic N) is 5. The van der Waals surface area contributed by atoms with Crippen molar-refractivity contribution in [2.24, 2.45) is 11.8 Å². The van der Waals surface area contributed by atoms with Crippen LogP contribution in [-0.2, 0) is 27.8 Å². The zero-order valence-electron chi connectivity index (χ0n) is 29.4. The molecule has 4 rings (SSSR count). The molecule has 0 saturated carbocycles. The molecule has 1 saturated heterocycles. The largest absolute Gasteiger partial charge is 0.506 e. The van der Waals surface area contributed by atoms with E-state index in [-0.39, 0.29) is 48.0 Å². The summed E-state index contributed by atoms with van der Waals surface area (Å²) in [5, 5.41) is 27.9. The van der Waals surface area contributed by atoms with Crippen molar-refractivity contribution in [2.75, 3.05) is 45.2 Å². The Morgan fingerprint density at radius 3 is 2.35 bits per heavy atom. The van der Waals surface area contributed by atoms with Crippen LogP contribution in [0.2, 0.25) is 0 Å². The molecule has 2 aromatic carbocycles. The fourth-order valence-electron chi connectivity index (χ4n) is 6.09. The number of aromatic hydroxyl groups is 1. The Bertz CT molecular complexity index is 1680. The molecule has 0 unspecified atom stereocenters. The Morgan fingerprint density at radius 1 is 1.06 bits per heavy atom. The Balaban J connectivity index is 1.59. The summed E-state index contributed by atoms with van der Waals surface area (Å²) in [5.41, 5.74) is 2.00. The molecule has 12 nitrogen and oxygen atoms in total. The monoisotopic (exact) mass is 714 g/mol. The summed E-state index contributed by atoms with van der Waals surface area (Å²) < 4.78 is 29.3. The molecule has 14 heteroatoms. The normalized spacial score (nSPS) is 15.7. The first-order valence-electron chi connectivity index (χ1n) is 16.6. The number of phenolic OH excluding ortho intramolecular Hbond substituents is 1. The van der Waals surface area contributed by atoms with Gasteiger partial charge < -0.3 is 30.2 Å². The number of aryl methyl sites for hydroxylation is 1. The number of benzene rings is 2. The summed E-state index contributed by atoms with van der Waals surface area (Å²) in [5.74, 6) is -0.778. The molecule has 1 aromatic heterocycles. The third kappa shape index (κ3) is 9.50. The lowest BCUT2D eigenvalue weighted by Crippen LogP contribution is -2.57. The van der Waals surface area contributed by atoms with Crippen LogP contribution < -0.4 is 10.2 Å². The summed E-state index contributed by atoms with van der Waals surface area (Å²) >= 11 is 1.52. The maximum atomic E-state index is 14.1. The highest BCUT2D eigenvalue weighted by Crippen LogP contribution is 2.30. The van der Waals surface area contributed by atoms with E-state index >= 15 is 0 Å². The highest BCUT2D eigenvalue weighted by molar-refractivity contribution is 7.89. The summed E-state index contributed by atoms with van der Waals surface area (Å²) in [7, 11) is -0.708. The standard InChI is InChI=1S/C35H50N6O6S2/c1-23(2)19-40(49(46,47)28-13-14-31(42)30(18-28)38(6)7)21-32(43)29(17-26-11-9-8-10-12-26)37-34(44)33(24(3)4)41-16-15-39(35(41)45)20-27-22-48-25(5)36-27/h8-14,18,22-24,29,32-33,42-43H,15-17,19-21H2,1-7H3,(H,37,44)/t29-,32+,33-/m0/s1. The Hall–Kier alpha value is -3.72. The molecule has 0 bridgehead atoms. The molecule has 0 radical (unpaired) electrons. The van der Waals surface area contributed by atoms with Gasteiger partial charge in [0.25, 0.3) is 0 Å². The Morgan fingerprint density at radius 2 is 1.76 bits per heavy atom. The van der Waals surface area contributed by atoms with Gasteiger partial charge in [-0.05, 0) is 48.9 Å². The lowest BCUT2D eigenvalue weighted by Gasteiger charge is -2.34. The minimum absolute atomic E-state index is 0.0183. The number of thiazole rings is 1. The second-order valence-electron chi connectivity index (χ2n) is 13.6. The van der Waals surface area contributed by atoms with Crippen LogP contribution in [0.25, 0.3) is 0 Å². The summed E-state index contributed by atoms with van der Waals surface area (Å²) in [4.78, 5) is 37.0. The fourth-order valence-corrected chi connectivity index (χ4v) is 8.34. The number of phenols is 1. The van der Waals surface area contributed by atoms with Crippen LogP contribution in [-0.4, -0.2) is 108 Å². The second-order valence-corrected chi connectivity index (χ2v) is 16.6. The van der Waals surface area contributed by atoms with Crippen LogP contribution in [0.3, 0.4) is 0 Å². The Kier molecular flexibility index (Phi) is 12.7. The van der Waals surface area contributed by atoms with Gasteiger partial charge in [0.05, 0.1) is 40.0 Å². The van der Waals surface area contributed by atoms with Crippen LogP contribution in [0.1, 0.15) is 44.0 Å². The van der Waals surface area contributed by atoms with Crippen LogP contribution in [0, 0.1) is 18.8 Å². The molecule has 2 heterocycles. The smallest absolute Gasteiger partial charge is 0.321 e. The molecule has 49 heavy (non-hydrogen) atoms. The number of rotatable bonds is 16. The first-order valence-corrected chi connectivity index (χ1v) is 18.9. The van der Waals surface area contributed by atoms with Crippen LogP contribution in [0.4, 0.5) is 10.5 Å². The van der Waals surface area contributed by atoms with E-state index in [1.807, 2.05) is 70.3 Å². The minimum Gasteiger partial charge on any atom is -0.506 e. The van der Waals surface area contributed by atoms with E-state index in [4.69, 9.17) is 0 Å². The second kappa shape index (κ2) is 16.3. The minimum atomic E-state index is -4.12. The van der Waals surface area contributed by atoms with Crippen molar-refractivity contribution >= 4 is 39.0 Å². The quantitative estimate of drug-likeness (QED) is 0.203. The average Bonchev–Trinajstić information content (AvgIpc) is 3.60. The fraction of sp³-hybridized carbons (Fsp3) is 0.514. The van der Waals surface area contributed by atoms with Gasteiger partial charge in [0.1, 0.15) is 11.8 Å². The molecule has 3 N–H and O–H groups in total. The first kappa shape index (κ1) is 38.1. The van der Waals surface area contributed by atoms with Crippen molar-refractivity contribution in [1.29, 1.82) is 0 Å². The van der Waals surface area contributed by atoms with E-state index in [0.717, 1.165) is 16.3 Å². The first-order chi connectivity index (χ1) is 23.1. The maximum absolute atomic E-state index is 14.1. The van der Waals surface area contributed by atoms with E-state index in [1.54, 1.807) is 28.8 Å². The molecule has 1 aliphatic rings. The van der Waals surface area contributed by atoms with Crippen molar-refractivity contribution in [3.63, 3.8) is 0 Å². The van der Waals surface area contributed by atoms with E-state index < -0.39 is 34.1 Å². The molecule has 3 amide bonds. The topological polar surface area (TPSA) is 147 Å². The molecule has 1 aliphatic heterocycles. The van der Waals surface area contributed by atoms with Crippen LogP contribution in [0.5, 0.6) is 5.75 Å². The lowest BCUT2D eigenvalue weighted by molar-refractivity contribution is -0.128. The van der Waals surface area contributed by atoms with E-state index in [0.29, 0.717) is 25.3 Å². The van der Waals surface area contributed by atoms with Crippen molar-refractivity contribution in [1.82, 2.24) is 24.4 Å².